The van der Waals surface area contributed by atoms with Crippen LogP contribution in [0.25, 0.3) is 0 Å². The predicted octanol–water partition coefficient (Wildman–Crippen LogP) is 2.88. The fourth-order valence-corrected chi connectivity index (χ4v) is 3.05. The van der Waals surface area contributed by atoms with Gasteiger partial charge in [0.1, 0.15) is 5.56 Å². The molecule has 5 heteroatoms. The van der Waals surface area contributed by atoms with E-state index < -0.39 is 0 Å². The van der Waals surface area contributed by atoms with E-state index in [1.165, 1.54) is 5.56 Å². The van der Waals surface area contributed by atoms with Gasteiger partial charge in [-0.3, -0.25) is 9.59 Å². The van der Waals surface area contributed by atoms with Crippen LogP contribution in [0, 0.1) is 0 Å². The van der Waals surface area contributed by atoms with E-state index in [9.17, 15) is 9.59 Å². The SMILES string of the molecule is O=C(NCCCc1ccc(Cl)cc1)c1cc2c([nH]c1=O)CCC2. The summed E-state index contributed by atoms with van der Waals surface area (Å²) in [6, 6.07) is 9.43. The molecular formula is C18H19ClN2O2. The number of amides is 1. The van der Waals surface area contributed by atoms with E-state index in [-0.39, 0.29) is 17.0 Å². The molecule has 23 heavy (non-hydrogen) atoms. The maximum Gasteiger partial charge on any atom is 0.261 e. The molecule has 2 aromatic rings. The van der Waals surface area contributed by atoms with Gasteiger partial charge in [-0.25, -0.2) is 0 Å². The number of benzene rings is 1. The third-order valence-electron chi connectivity index (χ3n) is 4.17. The molecule has 0 saturated heterocycles. The van der Waals surface area contributed by atoms with E-state index in [1.807, 2.05) is 24.3 Å². The molecule has 0 aliphatic heterocycles. The number of carbonyl (C=O) groups is 1. The number of halogens is 1. The minimum absolute atomic E-state index is 0.220. The molecule has 1 amide bonds. The van der Waals surface area contributed by atoms with Gasteiger partial charge in [-0.1, -0.05) is 23.7 Å². The molecule has 0 saturated carbocycles. The molecule has 0 unspecified atom stereocenters. The van der Waals surface area contributed by atoms with Crippen molar-refractivity contribution in [1.29, 1.82) is 0 Å². The molecule has 1 aliphatic rings. The maximum absolute atomic E-state index is 12.2. The highest BCUT2D eigenvalue weighted by molar-refractivity contribution is 6.30. The Bertz CT molecular complexity index is 766. The highest BCUT2D eigenvalue weighted by Gasteiger charge is 2.17. The first-order chi connectivity index (χ1) is 11.1. The number of H-pyrrole nitrogens is 1. The Morgan fingerprint density at radius 1 is 1.22 bits per heavy atom. The minimum Gasteiger partial charge on any atom is -0.352 e. The first-order valence-electron chi connectivity index (χ1n) is 7.91. The standard InChI is InChI=1S/C18H19ClN2O2/c19-14-8-6-12(7-9-14)3-2-10-20-17(22)15-11-13-4-1-5-16(13)21-18(15)23/h6-9,11H,1-5,10H2,(H,20,22)(H,21,23). The number of aromatic amines is 1. The van der Waals surface area contributed by atoms with Gasteiger partial charge in [0.2, 0.25) is 0 Å². The van der Waals surface area contributed by atoms with Crippen LogP contribution in [0.3, 0.4) is 0 Å². The van der Waals surface area contributed by atoms with Gasteiger partial charge in [0, 0.05) is 17.3 Å². The topological polar surface area (TPSA) is 62.0 Å². The highest BCUT2D eigenvalue weighted by Crippen LogP contribution is 2.18. The van der Waals surface area contributed by atoms with Crippen LogP contribution in [0.4, 0.5) is 0 Å². The molecule has 0 atom stereocenters. The quantitative estimate of drug-likeness (QED) is 0.828. The molecule has 1 heterocycles. The van der Waals surface area contributed by atoms with Gasteiger partial charge in [-0.15, -0.1) is 0 Å². The molecule has 0 bridgehead atoms. The van der Waals surface area contributed by atoms with Crippen LogP contribution in [-0.2, 0) is 19.3 Å². The number of rotatable bonds is 5. The van der Waals surface area contributed by atoms with Gasteiger partial charge in [0.25, 0.3) is 11.5 Å². The Balaban J connectivity index is 1.53. The summed E-state index contributed by atoms with van der Waals surface area (Å²) >= 11 is 5.85. The van der Waals surface area contributed by atoms with Crippen molar-refractivity contribution in [3.63, 3.8) is 0 Å². The number of hydrogen-bond donors (Lipinski definition) is 2. The molecular weight excluding hydrogens is 312 g/mol. The lowest BCUT2D eigenvalue weighted by Gasteiger charge is -2.07. The van der Waals surface area contributed by atoms with E-state index in [0.29, 0.717) is 6.54 Å². The first-order valence-corrected chi connectivity index (χ1v) is 8.29. The van der Waals surface area contributed by atoms with Gasteiger partial charge in [0.15, 0.2) is 0 Å². The average Bonchev–Trinajstić information content (AvgIpc) is 2.99. The normalized spacial score (nSPS) is 12.9. The van der Waals surface area contributed by atoms with Crippen LogP contribution in [0.1, 0.15) is 40.0 Å². The zero-order chi connectivity index (χ0) is 16.2. The maximum atomic E-state index is 12.2. The zero-order valence-electron chi connectivity index (χ0n) is 12.8. The van der Waals surface area contributed by atoms with Crippen LogP contribution >= 0.6 is 11.6 Å². The van der Waals surface area contributed by atoms with E-state index in [4.69, 9.17) is 11.6 Å². The molecule has 3 rings (SSSR count). The van der Waals surface area contributed by atoms with Crippen LogP contribution in [0.2, 0.25) is 5.02 Å². The summed E-state index contributed by atoms with van der Waals surface area (Å²) in [5, 5.41) is 3.55. The molecule has 0 fully saturated rings. The van der Waals surface area contributed by atoms with E-state index in [1.54, 1.807) is 6.07 Å². The Morgan fingerprint density at radius 2 is 2.00 bits per heavy atom. The lowest BCUT2D eigenvalue weighted by Crippen LogP contribution is -2.31. The predicted molar refractivity (Wildman–Crippen MR) is 91.2 cm³/mol. The summed E-state index contributed by atoms with van der Waals surface area (Å²) in [7, 11) is 0. The number of aryl methyl sites for hydroxylation is 3. The van der Waals surface area contributed by atoms with E-state index >= 15 is 0 Å². The molecule has 1 aromatic carbocycles. The lowest BCUT2D eigenvalue weighted by atomic mass is 10.1. The van der Waals surface area contributed by atoms with Crippen LogP contribution in [0.15, 0.2) is 35.1 Å². The van der Waals surface area contributed by atoms with Crippen molar-refractivity contribution >= 4 is 17.5 Å². The number of pyridine rings is 1. The number of fused-ring (bicyclic) bond motifs is 1. The second kappa shape index (κ2) is 7.01. The Hall–Kier alpha value is -2.07. The largest absolute Gasteiger partial charge is 0.352 e. The van der Waals surface area contributed by atoms with Crippen LogP contribution in [-0.4, -0.2) is 17.4 Å². The molecule has 120 valence electrons. The summed E-state index contributed by atoms with van der Waals surface area (Å²) in [6.45, 7) is 0.540. The summed E-state index contributed by atoms with van der Waals surface area (Å²) in [6.07, 6.45) is 4.54. The summed E-state index contributed by atoms with van der Waals surface area (Å²) in [5.41, 5.74) is 3.18. The van der Waals surface area contributed by atoms with Gasteiger partial charge in [0.05, 0.1) is 0 Å². The summed E-state index contributed by atoms with van der Waals surface area (Å²) in [5.74, 6) is -0.294. The monoisotopic (exact) mass is 330 g/mol. The van der Waals surface area contributed by atoms with Gasteiger partial charge >= 0.3 is 0 Å². The smallest absolute Gasteiger partial charge is 0.261 e. The highest BCUT2D eigenvalue weighted by atomic mass is 35.5. The van der Waals surface area contributed by atoms with Crippen molar-refractivity contribution in [2.24, 2.45) is 0 Å². The molecule has 4 nitrogen and oxygen atoms in total. The van der Waals surface area contributed by atoms with Crippen molar-refractivity contribution in [2.45, 2.75) is 32.1 Å². The van der Waals surface area contributed by atoms with Crippen LogP contribution in [0.5, 0.6) is 0 Å². The minimum atomic E-state index is -0.294. The molecule has 0 radical (unpaired) electrons. The summed E-state index contributed by atoms with van der Waals surface area (Å²) < 4.78 is 0. The van der Waals surface area contributed by atoms with Gasteiger partial charge in [-0.05, 0) is 61.4 Å². The van der Waals surface area contributed by atoms with Crippen molar-refractivity contribution < 1.29 is 4.79 Å². The zero-order valence-corrected chi connectivity index (χ0v) is 13.6. The van der Waals surface area contributed by atoms with Crippen molar-refractivity contribution in [3.05, 3.63) is 68.1 Å². The van der Waals surface area contributed by atoms with Crippen molar-refractivity contribution in [2.75, 3.05) is 6.54 Å². The molecule has 2 N–H and O–H groups in total. The van der Waals surface area contributed by atoms with E-state index in [0.717, 1.165) is 48.4 Å². The number of carbonyl (C=O) groups excluding carboxylic acids is 1. The second-order valence-corrected chi connectivity index (χ2v) is 6.29. The first kappa shape index (κ1) is 15.8. The van der Waals surface area contributed by atoms with Gasteiger partial charge < -0.3 is 10.3 Å². The Morgan fingerprint density at radius 3 is 2.78 bits per heavy atom. The van der Waals surface area contributed by atoms with Crippen LogP contribution < -0.4 is 10.9 Å². The Labute approximate surface area is 139 Å². The number of nitrogens with one attached hydrogen (secondary N) is 2. The van der Waals surface area contributed by atoms with E-state index in [2.05, 4.69) is 10.3 Å². The number of hydrogen-bond acceptors (Lipinski definition) is 2. The number of aromatic nitrogens is 1. The third-order valence-corrected chi connectivity index (χ3v) is 4.43. The lowest BCUT2D eigenvalue weighted by molar-refractivity contribution is 0.0951. The average molecular weight is 331 g/mol. The summed E-state index contributed by atoms with van der Waals surface area (Å²) in [4.78, 5) is 27.0. The second-order valence-electron chi connectivity index (χ2n) is 5.86. The molecule has 1 aliphatic carbocycles. The molecule has 1 aromatic heterocycles. The fraction of sp³-hybridized carbons (Fsp3) is 0.333. The molecule has 0 spiro atoms. The third kappa shape index (κ3) is 3.82. The Kier molecular flexibility index (Phi) is 4.82. The van der Waals surface area contributed by atoms with Crippen molar-refractivity contribution in [3.8, 4) is 0 Å². The fourth-order valence-electron chi connectivity index (χ4n) is 2.92. The van der Waals surface area contributed by atoms with Crippen molar-refractivity contribution in [1.82, 2.24) is 10.3 Å². The van der Waals surface area contributed by atoms with Gasteiger partial charge in [-0.2, -0.15) is 0 Å².